The molecule has 0 bridgehead atoms. The number of amides is 2. The second-order valence-corrected chi connectivity index (χ2v) is 9.10. The molecule has 0 N–H and O–H groups in total. The Labute approximate surface area is 141 Å². The number of nitrogens with zero attached hydrogens (tertiary/aromatic N) is 2. The molecule has 2 aliphatic rings. The van der Waals surface area contributed by atoms with Gasteiger partial charge < -0.3 is 9.80 Å². The Hall–Kier alpha value is -1.06. The van der Waals surface area contributed by atoms with E-state index in [-0.39, 0.29) is 16.7 Å². The van der Waals surface area contributed by atoms with Gasteiger partial charge in [-0.15, -0.1) is 0 Å². The van der Waals surface area contributed by atoms with Gasteiger partial charge in [-0.2, -0.15) is 0 Å². The number of piperidine rings is 1. The average molecular weight is 322 g/mol. The first kappa shape index (κ1) is 18.3. The summed E-state index contributed by atoms with van der Waals surface area (Å²) in [6, 6.07) is 0. The van der Waals surface area contributed by atoms with Crippen molar-refractivity contribution in [2.24, 2.45) is 16.7 Å². The molecule has 4 nitrogen and oxygen atoms in total. The van der Waals surface area contributed by atoms with Crippen LogP contribution in [-0.4, -0.2) is 47.8 Å². The molecule has 2 heterocycles. The quantitative estimate of drug-likeness (QED) is 0.800. The van der Waals surface area contributed by atoms with Gasteiger partial charge >= 0.3 is 0 Å². The van der Waals surface area contributed by atoms with E-state index in [4.69, 9.17) is 0 Å². The lowest BCUT2D eigenvalue weighted by Gasteiger charge is -2.35. The minimum absolute atomic E-state index is 0.236. The summed E-state index contributed by atoms with van der Waals surface area (Å²) in [5, 5.41) is 0. The number of carbonyl (C=O) groups excluding carboxylic acids is 2. The molecular weight excluding hydrogens is 288 g/mol. The van der Waals surface area contributed by atoms with Gasteiger partial charge in [0.1, 0.15) is 0 Å². The van der Waals surface area contributed by atoms with Gasteiger partial charge in [0, 0.05) is 37.0 Å². The summed E-state index contributed by atoms with van der Waals surface area (Å²) in [4.78, 5) is 29.3. The normalized spacial score (nSPS) is 23.3. The molecule has 2 amide bonds. The molecule has 2 saturated heterocycles. The largest absolute Gasteiger partial charge is 0.342 e. The minimum Gasteiger partial charge on any atom is -0.342 e. The van der Waals surface area contributed by atoms with Crippen LogP contribution in [0.4, 0.5) is 0 Å². The minimum atomic E-state index is -0.317. The molecule has 0 aliphatic carbocycles. The molecule has 0 aromatic carbocycles. The van der Waals surface area contributed by atoms with E-state index in [1.165, 1.54) is 6.42 Å². The van der Waals surface area contributed by atoms with Crippen LogP contribution in [-0.2, 0) is 9.59 Å². The zero-order chi connectivity index (χ0) is 17.3. The summed E-state index contributed by atoms with van der Waals surface area (Å²) in [5.74, 6) is 0.989. The first-order chi connectivity index (χ1) is 10.6. The van der Waals surface area contributed by atoms with Gasteiger partial charge in [0.15, 0.2) is 0 Å². The van der Waals surface area contributed by atoms with Crippen molar-refractivity contribution in [3.05, 3.63) is 0 Å². The maximum atomic E-state index is 12.8. The van der Waals surface area contributed by atoms with Crippen LogP contribution in [0, 0.1) is 16.7 Å². The van der Waals surface area contributed by atoms with E-state index in [0.717, 1.165) is 51.9 Å². The highest BCUT2D eigenvalue weighted by Crippen LogP contribution is 2.34. The van der Waals surface area contributed by atoms with E-state index in [9.17, 15) is 9.59 Å². The molecule has 2 rings (SSSR count). The fourth-order valence-electron chi connectivity index (χ4n) is 3.99. The third-order valence-corrected chi connectivity index (χ3v) is 5.24. The molecule has 0 aromatic heterocycles. The van der Waals surface area contributed by atoms with Crippen LogP contribution in [0.1, 0.15) is 66.7 Å². The topological polar surface area (TPSA) is 40.6 Å². The van der Waals surface area contributed by atoms with Gasteiger partial charge in [-0.05, 0) is 38.0 Å². The maximum absolute atomic E-state index is 12.8. The first-order valence-electron chi connectivity index (χ1n) is 9.20. The standard InChI is InChI=1S/C19H34N2O2/c1-18(2,3)16(22)21-12-9-15(14-21)13-19(4,5)17(23)20-10-7-6-8-11-20/h15H,6-14H2,1-5H3. The van der Waals surface area contributed by atoms with Crippen LogP contribution in [0.3, 0.4) is 0 Å². The van der Waals surface area contributed by atoms with Gasteiger partial charge in [-0.25, -0.2) is 0 Å². The second kappa shape index (κ2) is 6.82. The third kappa shape index (κ3) is 4.48. The molecule has 23 heavy (non-hydrogen) atoms. The van der Waals surface area contributed by atoms with Gasteiger partial charge in [0.25, 0.3) is 0 Å². The highest BCUT2D eigenvalue weighted by molar-refractivity contribution is 5.82. The van der Waals surface area contributed by atoms with Gasteiger partial charge in [-0.1, -0.05) is 34.6 Å². The second-order valence-electron chi connectivity index (χ2n) is 9.10. The summed E-state index contributed by atoms with van der Waals surface area (Å²) in [6.45, 7) is 13.6. The highest BCUT2D eigenvalue weighted by atomic mass is 16.2. The van der Waals surface area contributed by atoms with E-state index in [2.05, 4.69) is 18.7 Å². The van der Waals surface area contributed by atoms with Crippen molar-refractivity contribution in [3.63, 3.8) is 0 Å². The Balaban J connectivity index is 1.91. The molecule has 0 saturated carbocycles. The summed E-state index contributed by atoms with van der Waals surface area (Å²) in [7, 11) is 0. The molecule has 4 heteroatoms. The lowest BCUT2D eigenvalue weighted by atomic mass is 9.80. The van der Waals surface area contributed by atoms with Gasteiger partial charge in [-0.3, -0.25) is 9.59 Å². The van der Waals surface area contributed by atoms with E-state index >= 15 is 0 Å². The summed E-state index contributed by atoms with van der Waals surface area (Å²) in [6.07, 6.45) is 5.43. The number of likely N-dealkylation sites (tertiary alicyclic amines) is 2. The maximum Gasteiger partial charge on any atom is 0.228 e. The number of hydrogen-bond donors (Lipinski definition) is 0. The Morgan fingerprint density at radius 3 is 2.04 bits per heavy atom. The number of hydrogen-bond acceptors (Lipinski definition) is 2. The smallest absolute Gasteiger partial charge is 0.228 e. The van der Waals surface area contributed by atoms with Crippen LogP contribution >= 0.6 is 0 Å². The molecule has 0 radical (unpaired) electrons. The van der Waals surface area contributed by atoms with Crippen molar-refractivity contribution in [2.75, 3.05) is 26.2 Å². The molecule has 2 fully saturated rings. The van der Waals surface area contributed by atoms with Crippen LogP contribution < -0.4 is 0 Å². The van der Waals surface area contributed by atoms with E-state index in [0.29, 0.717) is 11.8 Å². The van der Waals surface area contributed by atoms with Crippen molar-refractivity contribution in [1.29, 1.82) is 0 Å². The van der Waals surface area contributed by atoms with Crippen LogP contribution in [0.2, 0.25) is 0 Å². The van der Waals surface area contributed by atoms with E-state index in [1.807, 2.05) is 25.7 Å². The van der Waals surface area contributed by atoms with Crippen LogP contribution in [0.15, 0.2) is 0 Å². The van der Waals surface area contributed by atoms with E-state index < -0.39 is 0 Å². The summed E-state index contributed by atoms with van der Waals surface area (Å²) >= 11 is 0. The molecule has 132 valence electrons. The summed E-state index contributed by atoms with van der Waals surface area (Å²) < 4.78 is 0. The Morgan fingerprint density at radius 1 is 0.870 bits per heavy atom. The van der Waals surface area contributed by atoms with Gasteiger partial charge in [0.05, 0.1) is 0 Å². The number of rotatable bonds is 3. The molecule has 2 aliphatic heterocycles. The molecule has 1 atom stereocenters. The lowest BCUT2D eigenvalue weighted by molar-refractivity contribution is -0.142. The predicted molar refractivity (Wildman–Crippen MR) is 93.0 cm³/mol. The summed E-state index contributed by atoms with van der Waals surface area (Å²) in [5.41, 5.74) is -0.628. The molecule has 1 unspecified atom stereocenters. The SMILES string of the molecule is CC(C)(C)C(=O)N1CCC(CC(C)(C)C(=O)N2CCCCC2)C1. The fraction of sp³-hybridized carbons (Fsp3) is 0.895. The Bertz CT molecular complexity index is 445. The van der Waals surface area contributed by atoms with Crippen molar-refractivity contribution in [3.8, 4) is 0 Å². The first-order valence-corrected chi connectivity index (χ1v) is 9.20. The Morgan fingerprint density at radius 2 is 1.48 bits per heavy atom. The highest BCUT2D eigenvalue weighted by Gasteiger charge is 2.39. The number of carbonyl (C=O) groups is 2. The average Bonchev–Trinajstić information content (AvgIpc) is 2.93. The van der Waals surface area contributed by atoms with Crippen molar-refractivity contribution < 1.29 is 9.59 Å². The monoisotopic (exact) mass is 322 g/mol. The van der Waals surface area contributed by atoms with Crippen molar-refractivity contribution >= 4 is 11.8 Å². The predicted octanol–water partition coefficient (Wildman–Crippen LogP) is 3.31. The Kier molecular flexibility index (Phi) is 5.42. The van der Waals surface area contributed by atoms with Crippen molar-refractivity contribution in [2.45, 2.75) is 66.7 Å². The zero-order valence-electron chi connectivity index (χ0n) is 15.7. The van der Waals surface area contributed by atoms with Crippen LogP contribution in [0.25, 0.3) is 0 Å². The molecule has 0 spiro atoms. The van der Waals surface area contributed by atoms with E-state index in [1.54, 1.807) is 0 Å². The zero-order valence-corrected chi connectivity index (χ0v) is 15.7. The molecular formula is C19H34N2O2. The third-order valence-electron chi connectivity index (χ3n) is 5.24. The van der Waals surface area contributed by atoms with Crippen LogP contribution in [0.5, 0.6) is 0 Å². The fourth-order valence-corrected chi connectivity index (χ4v) is 3.99. The lowest BCUT2D eigenvalue weighted by Crippen LogP contribution is -2.44. The molecule has 0 aromatic rings. The van der Waals surface area contributed by atoms with Crippen molar-refractivity contribution in [1.82, 2.24) is 9.80 Å². The van der Waals surface area contributed by atoms with Gasteiger partial charge in [0.2, 0.25) is 11.8 Å².